The summed E-state index contributed by atoms with van der Waals surface area (Å²) in [5.41, 5.74) is 0. The fraction of sp³-hybridized carbons (Fsp3) is 1.00. The molecular weight excluding hydrogens is 329 g/mol. The molecule has 7 heteroatoms. The fourth-order valence-electron chi connectivity index (χ4n) is 2.26. The molecule has 2 N–H and O–H groups in total. The van der Waals surface area contributed by atoms with Gasteiger partial charge in [-0.2, -0.15) is 0 Å². The summed E-state index contributed by atoms with van der Waals surface area (Å²) in [6.45, 7) is 2.69. The molecule has 128 valence electrons. The molecule has 0 aliphatic carbocycles. The van der Waals surface area contributed by atoms with E-state index in [2.05, 4.69) is 12.2 Å². The first-order chi connectivity index (χ1) is 9.95. The van der Waals surface area contributed by atoms with E-state index >= 15 is 0 Å². The second-order valence-corrected chi connectivity index (χ2v) is 7.26. The fourth-order valence-corrected chi connectivity index (χ4v) is 2.65. The summed E-state index contributed by atoms with van der Waals surface area (Å²) in [6.07, 6.45) is 11.5. The molecular formula is C15H32KNO4S. The third kappa shape index (κ3) is 21.5. The van der Waals surface area contributed by atoms with E-state index in [-0.39, 0.29) is 57.9 Å². The summed E-state index contributed by atoms with van der Waals surface area (Å²) >= 11 is 0. The smallest absolute Gasteiger partial charge is 0.748 e. The minimum atomic E-state index is -4.15. The number of unbranched alkanes of at least 4 members (excludes halogenated alkanes) is 8. The Bertz CT molecular complexity index is 326. The largest absolute Gasteiger partial charge is 1.00 e. The molecule has 0 spiro atoms. The second-order valence-electron chi connectivity index (χ2n) is 5.74. The van der Waals surface area contributed by atoms with Crippen LogP contribution in [0.5, 0.6) is 0 Å². The summed E-state index contributed by atoms with van der Waals surface area (Å²) < 4.78 is 31.1. The Hall–Kier alpha value is 1.47. The maximum absolute atomic E-state index is 10.4. The van der Waals surface area contributed by atoms with Gasteiger partial charge < -0.3 is 15.0 Å². The third-order valence-corrected chi connectivity index (χ3v) is 4.25. The molecule has 0 bridgehead atoms. The summed E-state index contributed by atoms with van der Waals surface area (Å²) in [5, 5.41) is 12.5. The van der Waals surface area contributed by atoms with E-state index in [4.69, 9.17) is 0 Å². The van der Waals surface area contributed by atoms with E-state index in [1.807, 2.05) is 0 Å². The van der Waals surface area contributed by atoms with E-state index in [1.54, 1.807) is 0 Å². The Kier molecular flexibility index (Phi) is 20.2. The Morgan fingerprint density at radius 2 is 1.50 bits per heavy atom. The average molecular weight is 362 g/mol. The zero-order valence-corrected chi connectivity index (χ0v) is 18.3. The molecule has 0 saturated heterocycles. The van der Waals surface area contributed by atoms with Gasteiger partial charge in [0.2, 0.25) is 0 Å². The number of hydrogen-bond donors (Lipinski definition) is 2. The first-order valence-electron chi connectivity index (χ1n) is 8.28. The van der Waals surface area contributed by atoms with Crippen LogP contribution < -0.4 is 56.7 Å². The van der Waals surface area contributed by atoms with Gasteiger partial charge in [-0.05, 0) is 6.42 Å². The van der Waals surface area contributed by atoms with Gasteiger partial charge in [0.05, 0.1) is 22.0 Å². The van der Waals surface area contributed by atoms with Crippen molar-refractivity contribution in [3.05, 3.63) is 0 Å². The normalized spacial score (nSPS) is 12.9. The van der Waals surface area contributed by atoms with Crippen molar-refractivity contribution >= 4 is 10.1 Å². The van der Waals surface area contributed by atoms with Crippen molar-refractivity contribution in [1.82, 2.24) is 5.32 Å². The van der Waals surface area contributed by atoms with Crippen LogP contribution in [0.1, 0.15) is 71.1 Å². The van der Waals surface area contributed by atoms with Crippen LogP contribution in [0.15, 0.2) is 0 Å². The van der Waals surface area contributed by atoms with Gasteiger partial charge in [-0.25, -0.2) is 8.42 Å². The zero-order chi connectivity index (χ0) is 16.0. The van der Waals surface area contributed by atoms with Gasteiger partial charge in [0.1, 0.15) is 0 Å². The van der Waals surface area contributed by atoms with Crippen LogP contribution in [0.3, 0.4) is 0 Å². The molecule has 22 heavy (non-hydrogen) atoms. The molecule has 0 heterocycles. The van der Waals surface area contributed by atoms with Crippen LogP contribution in [0.2, 0.25) is 0 Å². The van der Waals surface area contributed by atoms with Crippen molar-refractivity contribution in [2.45, 2.75) is 77.2 Å². The predicted molar refractivity (Wildman–Crippen MR) is 85.3 cm³/mol. The first-order valence-corrected chi connectivity index (χ1v) is 9.85. The van der Waals surface area contributed by atoms with E-state index in [0.29, 0.717) is 6.54 Å². The van der Waals surface area contributed by atoms with Gasteiger partial charge in [-0.15, -0.1) is 0 Å². The van der Waals surface area contributed by atoms with Crippen LogP contribution in [-0.2, 0) is 10.1 Å². The Balaban J connectivity index is 0. The molecule has 5 nitrogen and oxygen atoms in total. The molecule has 1 atom stereocenters. The molecule has 0 fully saturated rings. The summed E-state index contributed by atoms with van der Waals surface area (Å²) in [4.78, 5) is 0. The number of hydrogen-bond acceptors (Lipinski definition) is 5. The van der Waals surface area contributed by atoms with E-state index in [0.717, 1.165) is 19.3 Å². The van der Waals surface area contributed by atoms with Gasteiger partial charge >= 0.3 is 51.4 Å². The maximum Gasteiger partial charge on any atom is 1.00 e. The molecule has 1 unspecified atom stereocenters. The summed E-state index contributed by atoms with van der Waals surface area (Å²) in [5.74, 6) is -0.419. The molecule has 0 aliphatic rings. The average Bonchev–Trinajstić information content (AvgIpc) is 2.41. The van der Waals surface area contributed by atoms with Gasteiger partial charge in [-0.1, -0.05) is 64.7 Å². The SMILES string of the molecule is CCCCCCCCCCCC(O)CNCCS(=O)(=O)[O-].[K+]. The van der Waals surface area contributed by atoms with Crippen molar-refractivity contribution in [3.8, 4) is 0 Å². The monoisotopic (exact) mass is 361 g/mol. The number of rotatable bonds is 15. The number of aliphatic hydroxyl groups excluding tert-OH is 1. The van der Waals surface area contributed by atoms with Gasteiger partial charge in [0.25, 0.3) is 0 Å². The van der Waals surface area contributed by atoms with Gasteiger partial charge in [0, 0.05) is 13.1 Å². The zero-order valence-electron chi connectivity index (χ0n) is 14.3. The first kappa shape index (κ1) is 25.7. The molecule has 0 aliphatic heterocycles. The third-order valence-electron chi connectivity index (χ3n) is 3.55. The molecule has 0 rings (SSSR count). The number of aliphatic hydroxyl groups is 1. The van der Waals surface area contributed by atoms with Crippen molar-refractivity contribution in [1.29, 1.82) is 0 Å². The van der Waals surface area contributed by atoms with Crippen molar-refractivity contribution in [2.24, 2.45) is 0 Å². The molecule has 0 saturated carbocycles. The molecule has 0 aromatic heterocycles. The summed E-state index contributed by atoms with van der Waals surface area (Å²) in [7, 11) is -4.15. The minimum absolute atomic E-state index is 0. The van der Waals surface area contributed by atoms with Crippen LogP contribution in [-0.4, -0.2) is 43.0 Å². The maximum atomic E-state index is 10.4. The molecule has 0 aromatic carbocycles. The Labute approximate surface area is 179 Å². The molecule has 0 radical (unpaired) electrons. The molecule has 0 amide bonds. The summed E-state index contributed by atoms with van der Waals surface area (Å²) in [6, 6.07) is 0. The van der Waals surface area contributed by atoms with Crippen LogP contribution >= 0.6 is 0 Å². The van der Waals surface area contributed by atoms with E-state index in [9.17, 15) is 18.1 Å². The number of nitrogens with one attached hydrogen (secondary N) is 1. The predicted octanol–water partition coefficient (Wildman–Crippen LogP) is -0.593. The topological polar surface area (TPSA) is 89.5 Å². The van der Waals surface area contributed by atoms with Crippen LogP contribution in [0.25, 0.3) is 0 Å². The minimum Gasteiger partial charge on any atom is -0.748 e. The Morgan fingerprint density at radius 1 is 1.00 bits per heavy atom. The van der Waals surface area contributed by atoms with Crippen molar-refractivity contribution < 1.29 is 69.5 Å². The molecule has 0 aromatic rings. The van der Waals surface area contributed by atoms with Gasteiger partial charge in [0.15, 0.2) is 0 Å². The van der Waals surface area contributed by atoms with Gasteiger partial charge in [-0.3, -0.25) is 0 Å². The standard InChI is InChI=1S/C15H33NO4S.K/c1-2-3-4-5-6-7-8-9-10-11-15(17)14-16-12-13-21(18,19)20;/h15-17H,2-14H2,1H3,(H,18,19,20);/q;+1/p-1. The van der Waals surface area contributed by atoms with Crippen LogP contribution in [0, 0.1) is 0 Å². The van der Waals surface area contributed by atoms with Crippen molar-refractivity contribution in [2.75, 3.05) is 18.8 Å². The quantitative estimate of drug-likeness (QED) is 0.231. The van der Waals surface area contributed by atoms with E-state index < -0.39 is 22.0 Å². The second kappa shape index (κ2) is 17.3. The van der Waals surface area contributed by atoms with Crippen LogP contribution in [0.4, 0.5) is 0 Å². The van der Waals surface area contributed by atoms with E-state index in [1.165, 1.54) is 44.9 Å². The van der Waals surface area contributed by atoms with Crippen molar-refractivity contribution in [3.63, 3.8) is 0 Å². The Morgan fingerprint density at radius 3 is 2.00 bits per heavy atom.